The van der Waals surface area contributed by atoms with Crippen LogP contribution in [0, 0.1) is 11.8 Å². The lowest BCUT2D eigenvalue weighted by molar-refractivity contribution is 1.58. The Balaban J connectivity index is 0.000000371. The molecule has 0 unspecified atom stereocenters. The quantitative estimate of drug-likeness (QED) is 0.521. The molecule has 10 heavy (non-hydrogen) atoms. The number of nitrogen functional groups attached to an aromatic ring is 2. The molecule has 0 saturated heterocycles. The first kappa shape index (κ1) is 8.31. The van der Waals surface area contributed by atoms with Gasteiger partial charge in [0.2, 0.25) is 0 Å². The summed E-state index contributed by atoms with van der Waals surface area (Å²) < 4.78 is 0. The maximum absolute atomic E-state index is 6.50. The molecule has 3 heteroatoms. The van der Waals surface area contributed by atoms with E-state index < -0.39 is 0 Å². The normalized spacial score (nSPS) is 7.40. The van der Waals surface area contributed by atoms with Gasteiger partial charge in [-0.15, -0.1) is 0 Å². The van der Waals surface area contributed by atoms with Gasteiger partial charge in [0, 0.05) is 17.9 Å². The van der Waals surface area contributed by atoms with E-state index in [1.54, 1.807) is 18.2 Å². The van der Waals surface area contributed by atoms with Crippen molar-refractivity contribution in [3.8, 4) is 6.57 Å². The van der Waals surface area contributed by atoms with Crippen molar-refractivity contribution >= 4 is 11.4 Å². The van der Waals surface area contributed by atoms with Gasteiger partial charge in [-0.1, -0.05) is 6.07 Å². The third-order valence-electron chi connectivity index (χ3n) is 0.911. The molecule has 0 spiro atoms. The summed E-state index contributed by atoms with van der Waals surface area (Å²) in [5.41, 5.74) is 12.2. The molecule has 0 aliphatic heterocycles. The van der Waals surface area contributed by atoms with Crippen molar-refractivity contribution in [2.75, 3.05) is 11.5 Å². The lowest BCUT2D eigenvalue weighted by Crippen LogP contribution is -1.87. The number of nitrogens with zero attached hydrogens (tertiary/aromatic N) is 1. The molecule has 1 aromatic rings. The molecule has 0 aromatic heterocycles. The van der Waals surface area contributed by atoms with Gasteiger partial charge in [-0.3, -0.25) is 0 Å². The molecular formula is C7H9N3. The minimum Gasteiger partial charge on any atom is -0.399 e. The van der Waals surface area contributed by atoms with Gasteiger partial charge in [-0.2, -0.15) is 0 Å². The zero-order chi connectivity index (χ0) is 7.98. The van der Waals surface area contributed by atoms with Crippen LogP contribution < -0.4 is 11.5 Å². The van der Waals surface area contributed by atoms with Crippen molar-refractivity contribution in [1.29, 1.82) is 5.26 Å². The smallest absolute Gasteiger partial charge is 0.0462 e. The third-order valence-corrected chi connectivity index (χ3v) is 0.911. The highest BCUT2D eigenvalue weighted by Gasteiger charge is 1.81. The molecule has 1 rings (SSSR count). The molecule has 0 aliphatic rings. The summed E-state index contributed by atoms with van der Waals surface area (Å²) in [6.07, 6.45) is 0. The number of hydrogen-bond acceptors (Lipinski definition) is 3. The van der Waals surface area contributed by atoms with Crippen LogP contribution >= 0.6 is 0 Å². The average molecular weight is 135 g/mol. The zero-order valence-corrected chi connectivity index (χ0v) is 5.49. The van der Waals surface area contributed by atoms with Crippen molar-refractivity contribution in [2.24, 2.45) is 0 Å². The summed E-state index contributed by atoms with van der Waals surface area (Å²) in [4.78, 5) is 0. The third kappa shape index (κ3) is 2.58. The molecule has 52 valence electrons. The number of nitriles is 1. The van der Waals surface area contributed by atoms with E-state index in [1.165, 1.54) is 0 Å². The van der Waals surface area contributed by atoms with Crippen molar-refractivity contribution in [3.05, 3.63) is 24.3 Å². The van der Waals surface area contributed by atoms with E-state index in [-0.39, 0.29) is 0 Å². The van der Waals surface area contributed by atoms with E-state index in [9.17, 15) is 0 Å². The van der Waals surface area contributed by atoms with Crippen molar-refractivity contribution in [2.45, 2.75) is 0 Å². The van der Waals surface area contributed by atoms with Gasteiger partial charge in [-0.25, -0.2) is 5.26 Å². The fourth-order valence-corrected chi connectivity index (χ4v) is 0.559. The van der Waals surface area contributed by atoms with Crippen molar-refractivity contribution in [1.82, 2.24) is 0 Å². The van der Waals surface area contributed by atoms with Crippen LogP contribution in [0.15, 0.2) is 24.3 Å². The van der Waals surface area contributed by atoms with E-state index in [4.69, 9.17) is 16.7 Å². The van der Waals surface area contributed by atoms with Crippen LogP contribution in [0.2, 0.25) is 0 Å². The Morgan fingerprint density at radius 1 is 1.10 bits per heavy atom. The van der Waals surface area contributed by atoms with Crippen LogP contribution in [0.3, 0.4) is 0 Å². The molecule has 0 aliphatic carbocycles. The van der Waals surface area contributed by atoms with Gasteiger partial charge in [0.1, 0.15) is 0 Å². The first-order chi connectivity index (χ1) is 4.79. The number of anilines is 2. The first-order valence-electron chi connectivity index (χ1n) is 2.66. The van der Waals surface area contributed by atoms with E-state index in [0.29, 0.717) is 11.4 Å². The van der Waals surface area contributed by atoms with Crippen LogP contribution in [0.5, 0.6) is 0 Å². The predicted molar refractivity (Wildman–Crippen MR) is 41.9 cm³/mol. The van der Waals surface area contributed by atoms with Crippen LogP contribution in [0.4, 0.5) is 11.4 Å². The maximum Gasteiger partial charge on any atom is 0.0462 e. The van der Waals surface area contributed by atoms with Crippen molar-refractivity contribution in [3.63, 3.8) is 0 Å². The second-order valence-corrected chi connectivity index (χ2v) is 1.67. The van der Waals surface area contributed by atoms with Crippen LogP contribution in [0.1, 0.15) is 0 Å². The van der Waals surface area contributed by atoms with Crippen LogP contribution in [0.25, 0.3) is 0 Å². The minimum atomic E-state index is 0.713. The molecule has 0 heterocycles. The Hall–Kier alpha value is -1.69. The van der Waals surface area contributed by atoms with Gasteiger partial charge in [0.05, 0.1) is 0 Å². The van der Waals surface area contributed by atoms with E-state index in [1.807, 2.05) is 6.07 Å². The van der Waals surface area contributed by atoms with Gasteiger partial charge in [0.25, 0.3) is 0 Å². The summed E-state index contributed by atoms with van der Waals surface area (Å²) in [5, 5.41) is 6.50. The van der Waals surface area contributed by atoms with Crippen molar-refractivity contribution < 1.29 is 0 Å². The Morgan fingerprint density at radius 2 is 1.50 bits per heavy atom. The molecule has 3 nitrogen and oxygen atoms in total. The topological polar surface area (TPSA) is 75.8 Å². The number of nitrogens with two attached hydrogens (primary N) is 2. The highest BCUT2D eigenvalue weighted by atomic mass is 14.6. The predicted octanol–water partition coefficient (Wildman–Crippen LogP) is 0.991. The summed E-state index contributed by atoms with van der Waals surface area (Å²) in [7, 11) is 0. The summed E-state index contributed by atoms with van der Waals surface area (Å²) >= 11 is 0. The highest BCUT2D eigenvalue weighted by Crippen LogP contribution is 2.06. The second kappa shape index (κ2) is 4.21. The monoisotopic (exact) mass is 135 g/mol. The summed E-state index contributed by atoms with van der Waals surface area (Å²) in [5.74, 6) is 0. The van der Waals surface area contributed by atoms with E-state index in [2.05, 4.69) is 6.57 Å². The molecule has 0 amide bonds. The van der Waals surface area contributed by atoms with Gasteiger partial charge < -0.3 is 11.5 Å². The van der Waals surface area contributed by atoms with Crippen LogP contribution in [-0.2, 0) is 0 Å². The Bertz CT molecular complexity index is 200. The fourth-order valence-electron chi connectivity index (χ4n) is 0.559. The van der Waals surface area contributed by atoms with Gasteiger partial charge in [0.15, 0.2) is 0 Å². The van der Waals surface area contributed by atoms with E-state index in [0.717, 1.165) is 0 Å². The fraction of sp³-hybridized carbons (Fsp3) is 0. The maximum atomic E-state index is 6.50. The molecule has 4 N–H and O–H groups in total. The number of rotatable bonds is 0. The molecule has 0 radical (unpaired) electrons. The van der Waals surface area contributed by atoms with E-state index >= 15 is 0 Å². The standard InChI is InChI=1S/C6H8N2.CHN/c7-5-2-1-3-6(8)4-5;1-2/h1-4H,7-8H2;1H. The summed E-state index contributed by atoms with van der Waals surface area (Å²) in [6.45, 7) is 3.50. The molecule has 0 saturated carbocycles. The Labute approximate surface area is 59.9 Å². The molecule has 0 fully saturated rings. The van der Waals surface area contributed by atoms with Crippen LogP contribution in [-0.4, -0.2) is 0 Å². The lowest BCUT2D eigenvalue weighted by Gasteiger charge is -1.91. The molecule has 1 aromatic carbocycles. The molecule has 0 bridgehead atoms. The SMILES string of the molecule is C#N.Nc1cccc(N)c1. The first-order valence-corrected chi connectivity index (χ1v) is 2.66. The average Bonchev–Trinajstić information content (AvgIpc) is 1.91. The van der Waals surface area contributed by atoms with Gasteiger partial charge in [-0.05, 0) is 18.2 Å². The summed E-state index contributed by atoms with van der Waals surface area (Å²) in [6, 6.07) is 7.15. The lowest BCUT2D eigenvalue weighted by atomic mass is 10.3. The largest absolute Gasteiger partial charge is 0.399 e. The number of hydrogen-bond donors (Lipinski definition) is 2. The molecule has 0 atom stereocenters. The Morgan fingerprint density at radius 3 is 1.70 bits per heavy atom. The Kier molecular flexibility index (Phi) is 3.50. The second-order valence-electron chi connectivity index (χ2n) is 1.67. The zero-order valence-electron chi connectivity index (χ0n) is 5.49. The molecular weight excluding hydrogens is 126 g/mol. The number of benzene rings is 1. The van der Waals surface area contributed by atoms with Gasteiger partial charge >= 0.3 is 0 Å². The minimum absolute atomic E-state index is 0.713. The highest BCUT2D eigenvalue weighted by molar-refractivity contribution is 5.50.